The number of fused-ring (bicyclic) bond motifs is 1. The van der Waals surface area contributed by atoms with Gasteiger partial charge in [-0.1, -0.05) is 13.0 Å². The second kappa shape index (κ2) is 7.70. The topological polar surface area (TPSA) is 85.2 Å². The van der Waals surface area contributed by atoms with E-state index in [0.29, 0.717) is 23.5 Å². The van der Waals surface area contributed by atoms with Gasteiger partial charge in [-0.15, -0.1) is 11.3 Å². The molecule has 0 radical (unpaired) electrons. The number of amides is 1. The van der Waals surface area contributed by atoms with Crippen LogP contribution in [0.3, 0.4) is 0 Å². The number of carbonyl (C=O) groups is 1. The third-order valence-electron chi connectivity index (χ3n) is 6.34. The third kappa shape index (κ3) is 3.78. The van der Waals surface area contributed by atoms with Crippen LogP contribution in [-0.4, -0.2) is 58.6 Å². The fraction of sp³-hybridized carbons (Fsp3) is 0.500. The summed E-state index contributed by atoms with van der Waals surface area (Å²) in [5.41, 5.74) is 2.68. The molecule has 1 amide bonds. The molecule has 0 N–H and O–H groups in total. The van der Waals surface area contributed by atoms with E-state index in [-0.39, 0.29) is 23.5 Å². The molecular formula is C22H26N4O3S2. The van der Waals surface area contributed by atoms with E-state index >= 15 is 0 Å². The summed E-state index contributed by atoms with van der Waals surface area (Å²) < 4.78 is 26.0. The lowest BCUT2D eigenvalue weighted by Crippen LogP contribution is -2.39. The summed E-state index contributed by atoms with van der Waals surface area (Å²) >= 11 is 1.57. The monoisotopic (exact) mass is 458 g/mol. The van der Waals surface area contributed by atoms with Crippen molar-refractivity contribution in [1.82, 2.24) is 19.7 Å². The zero-order valence-electron chi connectivity index (χ0n) is 17.7. The van der Waals surface area contributed by atoms with Crippen LogP contribution in [0.4, 0.5) is 0 Å². The first-order chi connectivity index (χ1) is 14.8. The molecule has 5 rings (SSSR count). The van der Waals surface area contributed by atoms with E-state index in [4.69, 9.17) is 4.98 Å². The van der Waals surface area contributed by atoms with Crippen LogP contribution < -0.4 is 0 Å². The number of sulfone groups is 1. The van der Waals surface area contributed by atoms with Crippen molar-refractivity contribution in [3.8, 4) is 10.6 Å². The molecule has 2 aliphatic heterocycles. The van der Waals surface area contributed by atoms with E-state index in [9.17, 15) is 13.2 Å². The Labute approximate surface area is 186 Å². The Morgan fingerprint density at radius 2 is 2.13 bits per heavy atom. The fourth-order valence-electron chi connectivity index (χ4n) is 4.80. The Bertz CT molecular complexity index is 1250. The van der Waals surface area contributed by atoms with Crippen molar-refractivity contribution >= 4 is 38.1 Å². The average Bonchev–Trinajstić information content (AvgIpc) is 3.46. The lowest BCUT2D eigenvalue weighted by molar-refractivity contribution is 0.0685. The number of carbonyl (C=O) groups excluding carboxylic acids is 1. The van der Waals surface area contributed by atoms with Crippen LogP contribution in [0.15, 0.2) is 23.6 Å². The van der Waals surface area contributed by atoms with Gasteiger partial charge in [-0.05, 0) is 49.6 Å². The van der Waals surface area contributed by atoms with Crippen molar-refractivity contribution in [3.63, 3.8) is 0 Å². The number of piperidine rings is 1. The minimum absolute atomic E-state index is 0.0125. The van der Waals surface area contributed by atoms with Crippen LogP contribution >= 0.6 is 11.3 Å². The maximum Gasteiger partial charge on any atom is 0.254 e. The van der Waals surface area contributed by atoms with Crippen molar-refractivity contribution in [2.24, 2.45) is 5.92 Å². The van der Waals surface area contributed by atoms with Crippen molar-refractivity contribution in [2.75, 3.05) is 24.6 Å². The molecule has 2 fully saturated rings. The molecule has 0 aromatic carbocycles. The maximum atomic E-state index is 13.6. The van der Waals surface area contributed by atoms with E-state index in [2.05, 4.69) is 12.0 Å². The van der Waals surface area contributed by atoms with E-state index in [1.807, 2.05) is 35.4 Å². The van der Waals surface area contributed by atoms with Crippen LogP contribution in [0.2, 0.25) is 0 Å². The maximum absolute atomic E-state index is 13.6. The lowest BCUT2D eigenvalue weighted by Gasteiger charge is -2.31. The number of rotatable bonds is 3. The van der Waals surface area contributed by atoms with E-state index in [1.54, 1.807) is 16.0 Å². The molecule has 0 unspecified atom stereocenters. The molecule has 164 valence electrons. The van der Waals surface area contributed by atoms with Crippen molar-refractivity contribution in [2.45, 2.75) is 39.2 Å². The van der Waals surface area contributed by atoms with Crippen molar-refractivity contribution in [3.05, 3.63) is 34.8 Å². The Kier molecular flexibility index (Phi) is 5.13. The van der Waals surface area contributed by atoms with Gasteiger partial charge in [0.05, 0.1) is 44.8 Å². The highest BCUT2D eigenvalue weighted by Gasteiger charge is 2.33. The van der Waals surface area contributed by atoms with Gasteiger partial charge in [0, 0.05) is 13.1 Å². The summed E-state index contributed by atoms with van der Waals surface area (Å²) in [5.74, 6) is 0.735. The molecule has 0 bridgehead atoms. The lowest BCUT2D eigenvalue weighted by atomic mass is 9.98. The first-order valence-electron chi connectivity index (χ1n) is 10.8. The molecule has 5 heterocycles. The Hall–Kier alpha value is -2.26. The number of nitrogens with zero attached hydrogens (tertiary/aromatic N) is 4. The van der Waals surface area contributed by atoms with Crippen LogP contribution in [-0.2, 0) is 9.84 Å². The predicted molar refractivity (Wildman–Crippen MR) is 122 cm³/mol. The van der Waals surface area contributed by atoms with Crippen LogP contribution in [0.25, 0.3) is 21.6 Å². The van der Waals surface area contributed by atoms with Crippen molar-refractivity contribution < 1.29 is 13.2 Å². The number of hydrogen-bond donors (Lipinski definition) is 0. The molecule has 0 aliphatic carbocycles. The smallest absolute Gasteiger partial charge is 0.254 e. The number of thiophene rings is 1. The summed E-state index contributed by atoms with van der Waals surface area (Å²) in [4.78, 5) is 21.4. The SMILES string of the molecule is Cc1nn([C@H]2CCS(=O)(=O)C2)c2nc(-c3cccs3)cc(C(=O)N3CCC[C@@H](C)C3)c12. The second-order valence-electron chi connectivity index (χ2n) is 8.82. The molecule has 3 aromatic rings. The Morgan fingerprint density at radius 3 is 2.81 bits per heavy atom. The van der Waals surface area contributed by atoms with Crippen LogP contribution in [0.1, 0.15) is 48.3 Å². The first kappa shape index (κ1) is 20.6. The van der Waals surface area contributed by atoms with Crippen molar-refractivity contribution in [1.29, 1.82) is 0 Å². The largest absolute Gasteiger partial charge is 0.338 e. The molecule has 7 nitrogen and oxygen atoms in total. The minimum Gasteiger partial charge on any atom is -0.338 e. The number of aryl methyl sites for hydroxylation is 1. The zero-order valence-corrected chi connectivity index (χ0v) is 19.4. The third-order valence-corrected chi connectivity index (χ3v) is 8.98. The molecule has 0 saturated carbocycles. The van der Waals surface area contributed by atoms with Gasteiger partial charge in [0.15, 0.2) is 15.5 Å². The zero-order chi connectivity index (χ0) is 21.8. The highest BCUT2D eigenvalue weighted by molar-refractivity contribution is 7.91. The van der Waals surface area contributed by atoms with Gasteiger partial charge in [-0.3, -0.25) is 4.79 Å². The number of aromatic nitrogens is 3. The molecule has 2 saturated heterocycles. The van der Waals surface area contributed by atoms with Gasteiger partial charge < -0.3 is 4.90 Å². The van der Waals surface area contributed by atoms with Gasteiger partial charge >= 0.3 is 0 Å². The van der Waals surface area contributed by atoms with E-state index < -0.39 is 9.84 Å². The molecular weight excluding hydrogens is 432 g/mol. The molecule has 2 atom stereocenters. The highest BCUT2D eigenvalue weighted by atomic mass is 32.2. The fourth-order valence-corrected chi connectivity index (χ4v) is 7.18. The van der Waals surface area contributed by atoms with Gasteiger partial charge in [0.1, 0.15) is 0 Å². The second-order valence-corrected chi connectivity index (χ2v) is 12.0. The summed E-state index contributed by atoms with van der Waals surface area (Å²) in [6.07, 6.45) is 2.68. The van der Waals surface area contributed by atoms with E-state index in [0.717, 1.165) is 47.6 Å². The Morgan fingerprint density at radius 1 is 1.29 bits per heavy atom. The van der Waals surface area contributed by atoms with Gasteiger partial charge in [0.2, 0.25) is 0 Å². The number of hydrogen-bond acceptors (Lipinski definition) is 6. The molecule has 31 heavy (non-hydrogen) atoms. The summed E-state index contributed by atoms with van der Waals surface area (Å²) in [5, 5.41) is 7.42. The molecule has 2 aliphatic rings. The predicted octanol–water partition coefficient (Wildman–Crippen LogP) is 3.70. The summed E-state index contributed by atoms with van der Waals surface area (Å²) in [6, 6.07) is 5.60. The number of pyridine rings is 1. The quantitative estimate of drug-likeness (QED) is 0.597. The summed E-state index contributed by atoms with van der Waals surface area (Å²) in [6.45, 7) is 5.58. The Balaban J connectivity index is 1.68. The van der Waals surface area contributed by atoms with Crippen LogP contribution in [0.5, 0.6) is 0 Å². The normalized spacial score (nSPS) is 23.5. The van der Waals surface area contributed by atoms with Crippen LogP contribution in [0, 0.1) is 12.8 Å². The molecule has 0 spiro atoms. The van der Waals surface area contributed by atoms with E-state index in [1.165, 1.54) is 0 Å². The standard InChI is InChI=1S/C22H26N4O3S2/c1-14-5-3-8-25(12-14)22(27)17-11-18(19-6-4-9-30-19)23-21-20(17)15(2)24-26(21)16-7-10-31(28,29)13-16/h4,6,9,11,14,16H,3,5,7-8,10,12-13H2,1-2H3/t14-,16+/m1/s1. The van der Waals surface area contributed by atoms with Gasteiger partial charge in [0.25, 0.3) is 5.91 Å². The molecule has 9 heteroatoms. The highest BCUT2D eigenvalue weighted by Crippen LogP contribution is 2.34. The van der Waals surface area contributed by atoms with Gasteiger partial charge in [-0.2, -0.15) is 5.10 Å². The number of likely N-dealkylation sites (tertiary alicyclic amines) is 1. The molecule has 3 aromatic heterocycles. The van der Waals surface area contributed by atoms with Gasteiger partial charge in [-0.25, -0.2) is 18.1 Å². The first-order valence-corrected chi connectivity index (χ1v) is 13.5. The summed E-state index contributed by atoms with van der Waals surface area (Å²) in [7, 11) is -3.07. The minimum atomic E-state index is -3.07. The average molecular weight is 459 g/mol.